The van der Waals surface area contributed by atoms with Crippen molar-refractivity contribution in [2.24, 2.45) is 0 Å². The lowest BCUT2D eigenvalue weighted by molar-refractivity contribution is -0.385. The van der Waals surface area contributed by atoms with E-state index >= 15 is 0 Å². The Bertz CT molecular complexity index is 756. The molecule has 1 aromatic carbocycles. The molecule has 1 aliphatic rings. The van der Waals surface area contributed by atoms with Gasteiger partial charge in [0.15, 0.2) is 0 Å². The second kappa shape index (κ2) is 7.24. The second-order valence-electron chi connectivity index (χ2n) is 5.25. The third-order valence-electron chi connectivity index (χ3n) is 3.76. The van der Waals surface area contributed by atoms with Gasteiger partial charge in [0.05, 0.1) is 22.0 Å². The fourth-order valence-corrected chi connectivity index (χ4v) is 3.96. The number of esters is 1. The van der Waals surface area contributed by atoms with Gasteiger partial charge < -0.3 is 10.1 Å². The molecule has 1 heterocycles. The van der Waals surface area contributed by atoms with E-state index in [1.54, 1.807) is 6.92 Å². The zero-order valence-electron chi connectivity index (χ0n) is 13.4. The summed E-state index contributed by atoms with van der Waals surface area (Å²) in [4.78, 5) is 22.3. The number of ether oxygens (including phenoxy) is 1. The van der Waals surface area contributed by atoms with Crippen LogP contribution < -0.4 is 5.32 Å². The van der Waals surface area contributed by atoms with Gasteiger partial charge in [-0.1, -0.05) is 0 Å². The van der Waals surface area contributed by atoms with Gasteiger partial charge in [-0.25, -0.2) is 13.2 Å². The summed E-state index contributed by atoms with van der Waals surface area (Å²) in [6, 6.07) is 2.15. The van der Waals surface area contributed by atoms with Crippen LogP contribution in [0.3, 0.4) is 0 Å². The zero-order valence-corrected chi connectivity index (χ0v) is 14.3. The molecule has 0 bridgehead atoms. The van der Waals surface area contributed by atoms with Crippen molar-refractivity contribution in [3.63, 3.8) is 0 Å². The Morgan fingerprint density at radius 1 is 1.38 bits per heavy atom. The molecular formula is C14H19N3O6S. The molecule has 0 aliphatic carbocycles. The molecule has 0 radical (unpaired) electrons. The van der Waals surface area contributed by atoms with E-state index in [9.17, 15) is 23.3 Å². The molecule has 0 aromatic heterocycles. The smallest absolute Gasteiger partial charge is 0.338 e. The Hall–Kier alpha value is -2.04. The number of piperazine rings is 1. The van der Waals surface area contributed by atoms with Crippen molar-refractivity contribution in [1.82, 2.24) is 9.62 Å². The van der Waals surface area contributed by atoms with Crippen LogP contribution in [0.4, 0.5) is 5.69 Å². The Morgan fingerprint density at radius 3 is 2.54 bits per heavy atom. The van der Waals surface area contributed by atoms with E-state index in [1.165, 1.54) is 11.2 Å². The van der Waals surface area contributed by atoms with E-state index in [-0.39, 0.29) is 35.7 Å². The molecule has 0 atom stereocenters. The van der Waals surface area contributed by atoms with E-state index < -0.39 is 26.6 Å². The molecule has 132 valence electrons. The van der Waals surface area contributed by atoms with Gasteiger partial charge in [-0.15, -0.1) is 0 Å². The predicted octanol–water partition coefficient (Wildman–Crippen LogP) is 0.674. The van der Waals surface area contributed by atoms with Crippen molar-refractivity contribution >= 4 is 21.7 Å². The molecule has 1 aliphatic heterocycles. The number of benzene rings is 1. The summed E-state index contributed by atoms with van der Waals surface area (Å²) in [5, 5.41) is 14.3. The normalized spacial score (nSPS) is 15.9. The molecule has 10 heteroatoms. The number of nitro groups is 1. The zero-order chi connectivity index (χ0) is 17.9. The minimum absolute atomic E-state index is 0.0812. The van der Waals surface area contributed by atoms with Gasteiger partial charge >= 0.3 is 5.97 Å². The van der Waals surface area contributed by atoms with Gasteiger partial charge in [0.25, 0.3) is 5.69 Å². The number of hydrogen-bond donors (Lipinski definition) is 1. The van der Waals surface area contributed by atoms with Crippen LogP contribution in [0, 0.1) is 17.0 Å². The van der Waals surface area contributed by atoms with E-state index in [2.05, 4.69) is 5.32 Å². The summed E-state index contributed by atoms with van der Waals surface area (Å²) in [7, 11) is -3.92. The number of rotatable bonds is 5. The minimum Gasteiger partial charge on any atom is -0.462 e. The summed E-state index contributed by atoms with van der Waals surface area (Å²) >= 11 is 0. The third kappa shape index (κ3) is 3.55. The van der Waals surface area contributed by atoms with Crippen LogP contribution in [-0.2, 0) is 14.8 Å². The number of nitrogens with one attached hydrogen (secondary N) is 1. The Balaban J connectivity index is 2.57. The average molecular weight is 357 g/mol. The first-order valence-corrected chi connectivity index (χ1v) is 8.90. The first-order chi connectivity index (χ1) is 11.3. The number of carbonyl (C=O) groups excluding carboxylic acids is 1. The number of carbonyl (C=O) groups is 1. The lowest BCUT2D eigenvalue weighted by Crippen LogP contribution is -2.46. The van der Waals surface area contributed by atoms with E-state index in [1.807, 2.05) is 0 Å². The summed E-state index contributed by atoms with van der Waals surface area (Å²) in [5.74, 6) is -0.782. The molecule has 24 heavy (non-hydrogen) atoms. The van der Waals surface area contributed by atoms with Crippen LogP contribution >= 0.6 is 0 Å². The highest BCUT2D eigenvalue weighted by Crippen LogP contribution is 2.28. The van der Waals surface area contributed by atoms with Gasteiger partial charge in [0, 0.05) is 37.8 Å². The highest BCUT2D eigenvalue weighted by molar-refractivity contribution is 7.89. The molecule has 0 unspecified atom stereocenters. The first kappa shape index (κ1) is 18.3. The molecule has 2 rings (SSSR count). The summed E-state index contributed by atoms with van der Waals surface area (Å²) < 4.78 is 31.6. The SMILES string of the molecule is CCOC(=O)c1cc(S(=O)(=O)N2CCNCC2)cc([N+](=O)[O-])c1C. The lowest BCUT2D eigenvalue weighted by Gasteiger charge is -2.26. The van der Waals surface area contributed by atoms with E-state index in [4.69, 9.17) is 4.74 Å². The van der Waals surface area contributed by atoms with Crippen LogP contribution in [-0.4, -0.2) is 56.4 Å². The van der Waals surface area contributed by atoms with Crippen LogP contribution in [0.15, 0.2) is 17.0 Å². The average Bonchev–Trinajstić information content (AvgIpc) is 2.55. The molecule has 9 nitrogen and oxygen atoms in total. The largest absolute Gasteiger partial charge is 0.462 e. The van der Waals surface area contributed by atoms with Crippen LogP contribution in [0.2, 0.25) is 0 Å². The first-order valence-electron chi connectivity index (χ1n) is 7.46. The molecule has 0 spiro atoms. The highest BCUT2D eigenvalue weighted by atomic mass is 32.2. The molecule has 0 saturated carbocycles. The fourth-order valence-electron chi connectivity index (χ4n) is 2.47. The number of hydrogen-bond acceptors (Lipinski definition) is 7. The van der Waals surface area contributed by atoms with Crippen LogP contribution in [0.1, 0.15) is 22.8 Å². The maximum atomic E-state index is 12.7. The number of nitro benzene ring substituents is 1. The van der Waals surface area contributed by atoms with Crippen molar-refractivity contribution in [2.75, 3.05) is 32.8 Å². The monoisotopic (exact) mass is 357 g/mol. The Morgan fingerprint density at radius 2 is 2.00 bits per heavy atom. The quantitative estimate of drug-likeness (QED) is 0.467. The van der Waals surface area contributed by atoms with Crippen molar-refractivity contribution in [2.45, 2.75) is 18.7 Å². The molecule has 1 N–H and O–H groups in total. The van der Waals surface area contributed by atoms with E-state index in [0.29, 0.717) is 13.1 Å². The topological polar surface area (TPSA) is 119 Å². The van der Waals surface area contributed by atoms with E-state index in [0.717, 1.165) is 12.1 Å². The van der Waals surface area contributed by atoms with Gasteiger partial charge in [0.2, 0.25) is 10.0 Å². The third-order valence-corrected chi connectivity index (χ3v) is 5.64. The van der Waals surface area contributed by atoms with Gasteiger partial charge in [-0.3, -0.25) is 10.1 Å². The van der Waals surface area contributed by atoms with Crippen molar-refractivity contribution in [3.8, 4) is 0 Å². The lowest BCUT2D eigenvalue weighted by atomic mass is 10.1. The maximum Gasteiger partial charge on any atom is 0.338 e. The summed E-state index contributed by atoms with van der Waals surface area (Å²) in [6.45, 7) is 4.60. The molecule has 1 saturated heterocycles. The Kier molecular flexibility index (Phi) is 5.52. The summed E-state index contributed by atoms with van der Waals surface area (Å²) in [5.41, 5.74) is -0.452. The Labute approximate surface area is 139 Å². The minimum atomic E-state index is -3.92. The molecule has 1 aromatic rings. The predicted molar refractivity (Wildman–Crippen MR) is 85.4 cm³/mol. The number of sulfonamides is 1. The van der Waals surface area contributed by atoms with Gasteiger partial charge in [0.1, 0.15) is 0 Å². The van der Waals surface area contributed by atoms with Crippen molar-refractivity contribution in [1.29, 1.82) is 0 Å². The highest BCUT2D eigenvalue weighted by Gasteiger charge is 2.30. The van der Waals surface area contributed by atoms with Gasteiger partial charge in [-0.05, 0) is 19.9 Å². The van der Waals surface area contributed by atoms with Gasteiger partial charge in [-0.2, -0.15) is 4.31 Å². The molecule has 0 amide bonds. The standard InChI is InChI=1S/C14H19N3O6S/c1-3-23-14(18)12-8-11(9-13(10(12)2)17(19)20)24(21,22)16-6-4-15-5-7-16/h8-9,15H,3-7H2,1-2H3. The second-order valence-corrected chi connectivity index (χ2v) is 7.18. The number of nitrogens with zero attached hydrogens (tertiary/aromatic N) is 2. The fraction of sp³-hybridized carbons (Fsp3) is 0.500. The summed E-state index contributed by atoms with van der Waals surface area (Å²) in [6.07, 6.45) is 0. The molecule has 1 fully saturated rings. The van der Waals surface area contributed by atoms with Crippen LogP contribution in [0.5, 0.6) is 0 Å². The van der Waals surface area contributed by atoms with Crippen molar-refractivity contribution < 1.29 is 22.9 Å². The van der Waals surface area contributed by atoms with Crippen molar-refractivity contribution in [3.05, 3.63) is 33.4 Å². The molecular weight excluding hydrogens is 338 g/mol. The van der Waals surface area contributed by atoms with Crippen LogP contribution in [0.25, 0.3) is 0 Å². The maximum absolute atomic E-state index is 12.7.